The van der Waals surface area contributed by atoms with Crippen LogP contribution in [0.5, 0.6) is 17.2 Å². The van der Waals surface area contributed by atoms with Crippen LogP contribution in [0.3, 0.4) is 0 Å². The van der Waals surface area contributed by atoms with Crippen molar-refractivity contribution in [3.63, 3.8) is 0 Å². The lowest BCUT2D eigenvalue weighted by Gasteiger charge is -2.42. The fourth-order valence-corrected chi connectivity index (χ4v) is 5.75. The Kier molecular flexibility index (Phi) is 6.74. The molecule has 5 unspecified atom stereocenters. The number of ketones is 3. The minimum absolute atomic E-state index is 0.0173. The Balaban J connectivity index is 1.69. The van der Waals surface area contributed by atoms with Gasteiger partial charge in [-0.05, 0) is 13.0 Å². The number of fused-ring (bicyclic) bond motifs is 3. The highest BCUT2D eigenvalue weighted by molar-refractivity contribution is 6.31. The number of hydrogen-bond acceptors (Lipinski definition) is 12. The SMILES string of the molecule is COc1cccc2c1C(=O)c1c(O)c3c(c(O)c1C2=O)CC(O)(C(=O)CO)CC3OC1CC(N)C(O)[C@H](C)O1. The lowest BCUT2D eigenvalue weighted by molar-refractivity contribution is -0.247. The molecule has 7 N–H and O–H groups in total. The van der Waals surface area contributed by atoms with Crippen molar-refractivity contribution in [3.05, 3.63) is 51.6 Å². The average Bonchev–Trinajstić information content (AvgIpc) is 2.90. The Morgan fingerprint density at radius 2 is 1.85 bits per heavy atom. The molecule has 0 amide bonds. The van der Waals surface area contributed by atoms with E-state index in [2.05, 4.69) is 0 Å². The van der Waals surface area contributed by atoms with Crippen molar-refractivity contribution in [2.45, 2.75) is 62.4 Å². The molecule has 12 nitrogen and oxygen atoms in total. The van der Waals surface area contributed by atoms with Crippen molar-refractivity contribution < 1.29 is 54.1 Å². The highest BCUT2D eigenvalue weighted by Crippen LogP contribution is 2.52. The van der Waals surface area contributed by atoms with Crippen LogP contribution in [0.4, 0.5) is 0 Å². The normalized spacial score (nSPS) is 29.8. The van der Waals surface area contributed by atoms with E-state index in [0.29, 0.717) is 0 Å². The number of carbonyl (C=O) groups is 3. The van der Waals surface area contributed by atoms with Gasteiger partial charge < -0.3 is 45.5 Å². The monoisotopic (exact) mass is 543 g/mol. The summed E-state index contributed by atoms with van der Waals surface area (Å²) >= 11 is 0. The van der Waals surface area contributed by atoms with E-state index in [0.717, 1.165) is 0 Å². The second-order valence-corrected chi connectivity index (χ2v) is 10.2. The fourth-order valence-electron chi connectivity index (χ4n) is 5.75. The van der Waals surface area contributed by atoms with Gasteiger partial charge in [0.15, 0.2) is 17.9 Å². The summed E-state index contributed by atoms with van der Waals surface area (Å²) in [5, 5.41) is 53.7. The molecule has 6 atom stereocenters. The minimum Gasteiger partial charge on any atom is -0.507 e. The second-order valence-electron chi connectivity index (χ2n) is 10.2. The van der Waals surface area contributed by atoms with Crippen molar-refractivity contribution in [2.75, 3.05) is 13.7 Å². The molecule has 0 saturated carbocycles. The van der Waals surface area contributed by atoms with E-state index in [1.54, 1.807) is 6.92 Å². The maximum atomic E-state index is 13.6. The number of nitrogens with two attached hydrogens (primary N) is 1. The van der Waals surface area contributed by atoms with Gasteiger partial charge in [0.2, 0.25) is 5.78 Å². The number of aromatic hydroxyl groups is 2. The molecule has 0 aromatic heterocycles. The number of Topliss-reactive ketones (excluding diaryl/α,β-unsaturated/α-hetero) is 1. The Morgan fingerprint density at radius 3 is 2.49 bits per heavy atom. The largest absolute Gasteiger partial charge is 0.507 e. The summed E-state index contributed by atoms with van der Waals surface area (Å²) in [7, 11) is 1.32. The number of ether oxygens (including phenoxy) is 3. The van der Waals surface area contributed by atoms with Gasteiger partial charge in [-0.3, -0.25) is 14.4 Å². The summed E-state index contributed by atoms with van der Waals surface area (Å²) in [5.41, 5.74) is 2.37. The second kappa shape index (κ2) is 9.66. The molecule has 0 bridgehead atoms. The van der Waals surface area contributed by atoms with Gasteiger partial charge in [-0.25, -0.2) is 0 Å². The van der Waals surface area contributed by atoms with Crippen LogP contribution < -0.4 is 10.5 Å². The Labute approximate surface area is 222 Å². The average molecular weight is 544 g/mol. The lowest BCUT2D eigenvalue weighted by Crippen LogP contribution is -2.53. The Morgan fingerprint density at radius 1 is 1.15 bits per heavy atom. The number of aliphatic hydroxyl groups excluding tert-OH is 2. The molecular weight excluding hydrogens is 514 g/mol. The number of phenolic OH excluding ortho intramolecular Hbond substituents is 2. The van der Waals surface area contributed by atoms with E-state index in [4.69, 9.17) is 19.9 Å². The maximum absolute atomic E-state index is 13.6. The molecule has 208 valence electrons. The molecule has 1 heterocycles. The summed E-state index contributed by atoms with van der Waals surface area (Å²) in [5.74, 6) is -3.77. The molecule has 1 aliphatic heterocycles. The van der Waals surface area contributed by atoms with Crippen molar-refractivity contribution in [3.8, 4) is 17.2 Å². The fraction of sp³-hybridized carbons (Fsp3) is 0.444. The van der Waals surface area contributed by atoms with Crippen LogP contribution in [-0.2, 0) is 20.7 Å². The number of rotatable bonds is 5. The zero-order chi connectivity index (χ0) is 28.4. The van der Waals surface area contributed by atoms with Crippen LogP contribution in [0.25, 0.3) is 0 Å². The number of methoxy groups -OCH3 is 1. The molecule has 2 aliphatic carbocycles. The van der Waals surface area contributed by atoms with E-state index in [1.807, 2.05) is 0 Å². The van der Waals surface area contributed by atoms with Crippen LogP contribution in [0, 0.1) is 0 Å². The summed E-state index contributed by atoms with van der Waals surface area (Å²) in [4.78, 5) is 39.7. The van der Waals surface area contributed by atoms with Gasteiger partial charge in [0, 0.05) is 42.0 Å². The topological polar surface area (TPSA) is 206 Å². The Bertz CT molecular complexity index is 1380. The van der Waals surface area contributed by atoms with Crippen LogP contribution in [0.2, 0.25) is 0 Å². The predicted molar refractivity (Wildman–Crippen MR) is 132 cm³/mol. The van der Waals surface area contributed by atoms with E-state index in [-0.39, 0.29) is 34.4 Å². The van der Waals surface area contributed by atoms with Gasteiger partial charge in [-0.15, -0.1) is 0 Å². The summed E-state index contributed by atoms with van der Waals surface area (Å²) in [6.07, 6.45) is -5.12. The van der Waals surface area contributed by atoms with Crippen molar-refractivity contribution in [1.82, 2.24) is 0 Å². The highest BCUT2D eigenvalue weighted by Gasteiger charge is 2.50. The van der Waals surface area contributed by atoms with E-state index in [9.17, 15) is 39.9 Å². The van der Waals surface area contributed by atoms with Gasteiger partial charge >= 0.3 is 0 Å². The number of phenols is 2. The first-order valence-corrected chi connectivity index (χ1v) is 12.4. The van der Waals surface area contributed by atoms with Crippen molar-refractivity contribution in [1.29, 1.82) is 0 Å². The van der Waals surface area contributed by atoms with E-state index >= 15 is 0 Å². The number of benzene rings is 2. The number of hydrogen-bond donors (Lipinski definition) is 6. The molecule has 2 aromatic rings. The summed E-state index contributed by atoms with van der Waals surface area (Å²) in [6, 6.07) is 3.64. The quantitative estimate of drug-likeness (QED) is 0.235. The van der Waals surface area contributed by atoms with Gasteiger partial charge in [0.1, 0.15) is 29.5 Å². The van der Waals surface area contributed by atoms with E-state index < -0.39 is 95.7 Å². The highest BCUT2D eigenvalue weighted by atomic mass is 16.7. The third-order valence-corrected chi connectivity index (χ3v) is 7.81. The molecule has 0 radical (unpaired) electrons. The molecule has 12 heteroatoms. The van der Waals surface area contributed by atoms with Gasteiger partial charge in [0.25, 0.3) is 0 Å². The van der Waals surface area contributed by atoms with E-state index in [1.165, 1.54) is 25.3 Å². The van der Waals surface area contributed by atoms with Crippen molar-refractivity contribution >= 4 is 17.3 Å². The standard InChI is InChI=1S/C27H29NO11/c1-10-22(31)13(28)6-17(38-10)39-15-8-27(36,16(30)9-29)7-12-19(15)26(35)21-20(24(12)33)23(32)11-4-3-5-14(37-2)18(11)25(21)34/h3-5,10,13,15,17,22,29,31,33,35-36H,6-9,28H2,1-2H3/t10-,13?,15?,17?,22?,27?/m0/s1. The van der Waals surface area contributed by atoms with Crippen LogP contribution in [0.1, 0.15) is 68.8 Å². The van der Waals surface area contributed by atoms with Gasteiger partial charge in [-0.2, -0.15) is 0 Å². The minimum atomic E-state index is -2.24. The van der Waals surface area contributed by atoms with Crippen LogP contribution in [-0.4, -0.2) is 86.7 Å². The molecule has 0 spiro atoms. The number of aliphatic hydroxyl groups is 3. The van der Waals surface area contributed by atoms with Gasteiger partial charge in [0.05, 0.1) is 42.1 Å². The lowest BCUT2D eigenvalue weighted by atomic mass is 9.72. The molecule has 3 aliphatic rings. The first-order valence-electron chi connectivity index (χ1n) is 12.4. The maximum Gasteiger partial charge on any atom is 0.202 e. The third kappa shape index (κ3) is 4.11. The van der Waals surface area contributed by atoms with Crippen molar-refractivity contribution in [2.24, 2.45) is 5.73 Å². The molecule has 1 fully saturated rings. The molecule has 2 aromatic carbocycles. The smallest absolute Gasteiger partial charge is 0.202 e. The molecule has 5 rings (SSSR count). The predicted octanol–water partition coefficient (Wildman–Crippen LogP) is 0.00130. The van der Waals surface area contributed by atoms with Crippen LogP contribution in [0.15, 0.2) is 18.2 Å². The third-order valence-electron chi connectivity index (χ3n) is 7.81. The zero-order valence-corrected chi connectivity index (χ0v) is 21.2. The first kappa shape index (κ1) is 27.2. The molecule has 1 saturated heterocycles. The molecule has 39 heavy (non-hydrogen) atoms. The summed E-state index contributed by atoms with van der Waals surface area (Å²) in [6.45, 7) is 0.560. The Hall–Kier alpha value is -3.39. The zero-order valence-electron chi connectivity index (χ0n) is 21.2. The van der Waals surface area contributed by atoms with Crippen LogP contribution >= 0.6 is 0 Å². The van der Waals surface area contributed by atoms with Gasteiger partial charge in [-0.1, -0.05) is 12.1 Å². The number of carbonyl (C=O) groups excluding carboxylic acids is 3. The molecular formula is C27H29NO11. The first-order chi connectivity index (χ1) is 18.4. The summed E-state index contributed by atoms with van der Waals surface area (Å²) < 4.78 is 17.0.